The Morgan fingerprint density at radius 3 is 2.38 bits per heavy atom. The van der Waals surface area contributed by atoms with Gasteiger partial charge < -0.3 is 4.74 Å². The molecule has 1 aromatic heterocycles. The second-order valence-electron chi connectivity index (χ2n) is 7.22. The predicted octanol–water partition coefficient (Wildman–Crippen LogP) is 4.68. The molecule has 0 saturated carbocycles. The fourth-order valence-corrected chi connectivity index (χ4v) is 3.13. The third-order valence-corrected chi connectivity index (χ3v) is 4.89. The van der Waals surface area contributed by atoms with Crippen LogP contribution < -0.4 is 0 Å². The quantitative estimate of drug-likeness (QED) is 0.245. The SMILES string of the molecule is Cc1ccc(-c2cnnn2-c2ccc(C(=O)COC(=O)/C=C/c3ccccc3)cc2)cc1. The van der Waals surface area contributed by atoms with Crippen LogP contribution in [0.5, 0.6) is 0 Å². The summed E-state index contributed by atoms with van der Waals surface area (Å²) < 4.78 is 6.78. The van der Waals surface area contributed by atoms with E-state index in [9.17, 15) is 9.59 Å². The zero-order valence-corrected chi connectivity index (χ0v) is 17.5. The first-order valence-electron chi connectivity index (χ1n) is 10.1. The van der Waals surface area contributed by atoms with Crippen molar-refractivity contribution in [3.05, 3.63) is 108 Å². The van der Waals surface area contributed by atoms with Gasteiger partial charge in [0.25, 0.3) is 0 Å². The van der Waals surface area contributed by atoms with Crippen molar-refractivity contribution in [3.8, 4) is 16.9 Å². The Morgan fingerprint density at radius 1 is 0.938 bits per heavy atom. The molecule has 0 aliphatic rings. The maximum atomic E-state index is 12.4. The van der Waals surface area contributed by atoms with Crippen molar-refractivity contribution in [1.29, 1.82) is 0 Å². The van der Waals surface area contributed by atoms with Gasteiger partial charge in [-0.15, -0.1) is 5.10 Å². The zero-order chi connectivity index (χ0) is 22.3. The minimum atomic E-state index is -0.566. The van der Waals surface area contributed by atoms with Crippen molar-refractivity contribution in [2.45, 2.75) is 6.92 Å². The third kappa shape index (κ3) is 5.05. The molecule has 0 fully saturated rings. The molecule has 32 heavy (non-hydrogen) atoms. The van der Waals surface area contributed by atoms with E-state index in [1.165, 1.54) is 11.6 Å². The number of nitrogens with zero attached hydrogens (tertiary/aromatic N) is 3. The van der Waals surface area contributed by atoms with Crippen LogP contribution in [-0.2, 0) is 9.53 Å². The molecular formula is C26H21N3O3. The largest absolute Gasteiger partial charge is 0.454 e. The van der Waals surface area contributed by atoms with Crippen LogP contribution in [0.1, 0.15) is 21.5 Å². The lowest BCUT2D eigenvalue weighted by Gasteiger charge is -2.08. The van der Waals surface area contributed by atoms with Crippen molar-refractivity contribution in [2.24, 2.45) is 0 Å². The molecular weight excluding hydrogens is 402 g/mol. The first-order valence-corrected chi connectivity index (χ1v) is 10.1. The molecule has 0 aliphatic carbocycles. The summed E-state index contributed by atoms with van der Waals surface area (Å²) in [6.07, 6.45) is 4.65. The normalized spacial score (nSPS) is 10.9. The average molecular weight is 423 g/mol. The van der Waals surface area contributed by atoms with E-state index in [1.807, 2.05) is 61.5 Å². The number of aromatic nitrogens is 3. The number of aryl methyl sites for hydroxylation is 1. The molecule has 0 spiro atoms. The summed E-state index contributed by atoms with van der Waals surface area (Å²) in [6.45, 7) is 1.71. The van der Waals surface area contributed by atoms with E-state index in [-0.39, 0.29) is 12.4 Å². The topological polar surface area (TPSA) is 74.1 Å². The molecule has 0 amide bonds. The number of carbonyl (C=O) groups is 2. The average Bonchev–Trinajstić information content (AvgIpc) is 3.32. The van der Waals surface area contributed by atoms with E-state index >= 15 is 0 Å². The van der Waals surface area contributed by atoms with Gasteiger partial charge >= 0.3 is 5.97 Å². The Morgan fingerprint density at radius 2 is 1.66 bits per heavy atom. The van der Waals surface area contributed by atoms with Crippen LogP contribution in [0, 0.1) is 6.92 Å². The molecule has 3 aromatic carbocycles. The number of rotatable bonds is 7. The molecule has 0 aliphatic heterocycles. The Kier molecular flexibility index (Phi) is 6.32. The van der Waals surface area contributed by atoms with Crippen molar-refractivity contribution in [3.63, 3.8) is 0 Å². The van der Waals surface area contributed by atoms with E-state index in [0.29, 0.717) is 5.56 Å². The van der Waals surface area contributed by atoms with Crippen LogP contribution >= 0.6 is 0 Å². The second-order valence-corrected chi connectivity index (χ2v) is 7.22. The predicted molar refractivity (Wildman–Crippen MR) is 122 cm³/mol. The van der Waals surface area contributed by atoms with Crippen LogP contribution in [0.15, 0.2) is 91.1 Å². The molecule has 4 rings (SSSR count). The molecule has 0 bridgehead atoms. The number of esters is 1. The number of hydrogen-bond donors (Lipinski definition) is 0. The van der Waals surface area contributed by atoms with Gasteiger partial charge in [0, 0.05) is 17.2 Å². The zero-order valence-electron chi connectivity index (χ0n) is 17.5. The molecule has 4 aromatic rings. The lowest BCUT2D eigenvalue weighted by atomic mass is 10.1. The molecule has 0 unspecified atom stereocenters. The number of ether oxygens (including phenoxy) is 1. The van der Waals surface area contributed by atoms with E-state index < -0.39 is 5.97 Å². The van der Waals surface area contributed by atoms with Gasteiger partial charge in [-0.2, -0.15) is 0 Å². The maximum absolute atomic E-state index is 12.4. The summed E-state index contributed by atoms with van der Waals surface area (Å²) in [5.74, 6) is -0.848. The number of hydrogen-bond acceptors (Lipinski definition) is 5. The second kappa shape index (κ2) is 9.66. The number of Topliss-reactive ketones (excluding diaryl/α,β-unsaturated/α-hetero) is 1. The summed E-state index contributed by atoms with van der Waals surface area (Å²) in [5.41, 5.74) is 5.12. The van der Waals surface area contributed by atoms with Gasteiger partial charge in [-0.05, 0) is 42.8 Å². The molecule has 0 atom stereocenters. The smallest absolute Gasteiger partial charge is 0.331 e. The van der Waals surface area contributed by atoms with E-state index in [0.717, 1.165) is 22.5 Å². The Balaban J connectivity index is 1.39. The molecule has 6 heteroatoms. The van der Waals surface area contributed by atoms with E-state index in [4.69, 9.17) is 4.74 Å². The number of ketones is 1. The van der Waals surface area contributed by atoms with Crippen LogP contribution in [0.4, 0.5) is 0 Å². The molecule has 0 radical (unpaired) electrons. The first-order chi connectivity index (χ1) is 15.6. The highest BCUT2D eigenvalue weighted by Gasteiger charge is 2.12. The van der Waals surface area contributed by atoms with Crippen molar-refractivity contribution in [2.75, 3.05) is 6.61 Å². The Hall–Kier alpha value is -4.32. The highest BCUT2D eigenvalue weighted by Crippen LogP contribution is 2.22. The van der Waals surface area contributed by atoms with Gasteiger partial charge in [0.2, 0.25) is 0 Å². The summed E-state index contributed by atoms with van der Waals surface area (Å²) >= 11 is 0. The highest BCUT2D eigenvalue weighted by atomic mass is 16.5. The molecule has 1 heterocycles. The summed E-state index contributed by atoms with van der Waals surface area (Å²) in [5, 5.41) is 8.19. The minimum absolute atomic E-state index is 0.282. The summed E-state index contributed by atoms with van der Waals surface area (Å²) in [4.78, 5) is 24.3. The van der Waals surface area contributed by atoms with Gasteiger partial charge in [0.15, 0.2) is 12.4 Å². The van der Waals surface area contributed by atoms with E-state index in [2.05, 4.69) is 10.3 Å². The first kappa shape index (κ1) is 20.9. The lowest BCUT2D eigenvalue weighted by Crippen LogP contribution is -2.12. The van der Waals surface area contributed by atoms with Crippen LogP contribution in [-0.4, -0.2) is 33.4 Å². The van der Waals surface area contributed by atoms with Gasteiger partial charge in [0.05, 0.1) is 17.6 Å². The monoisotopic (exact) mass is 423 g/mol. The Bertz CT molecular complexity index is 1240. The lowest BCUT2D eigenvalue weighted by molar-refractivity contribution is -0.136. The van der Waals surface area contributed by atoms with Crippen LogP contribution in [0.2, 0.25) is 0 Å². The molecule has 0 N–H and O–H groups in total. The van der Waals surface area contributed by atoms with Gasteiger partial charge in [-0.3, -0.25) is 4.79 Å². The number of carbonyl (C=O) groups excluding carboxylic acids is 2. The van der Waals surface area contributed by atoms with Gasteiger partial charge in [-0.25, -0.2) is 9.48 Å². The van der Waals surface area contributed by atoms with E-state index in [1.54, 1.807) is 41.2 Å². The Labute approximate surface area is 185 Å². The molecule has 6 nitrogen and oxygen atoms in total. The fourth-order valence-electron chi connectivity index (χ4n) is 3.13. The van der Waals surface area contributed by atoms with Gasteiger partial charge in [0.1, 0.15) is 0 Å². The van der Waals surface area contributed by atoms with Crippen molar-refractivity contribution >= 4 is 17.8 Å². The highest BCUT2D eigenvalue weighted by molar-refractivity contribution is 5.99. The molecule has 0 saturated heterocycles. The number of benzene rings is 3. The summed E-state index contributed by atoms with van der Waals surface area (Å²) in [7, 11) is 0. The maximum Gasteiger partial charge on any atom is 0.331 e. The molecule has 158 valence electrons. The van der Waals surface area contributed by atoms with Crippen molar-refractivity contribution in [1.82, 2.24) is 15.0 Å². The van der Waals surface area contributed by atoms with Crippen LogP contribution in [0.25, 0.3) is 23.0 Å². The fraction of sp³-hybridized carbons (Fsp3) is 0.0769. The minimum Gasteiger partial charge on any atom is -0.454 e. The third-order valence-electron chi connectivity index (χ3n) is 4.89. The summed E-state index contributed by atoms with van der Waals surface area (Å²) in [6, 6.07) is 24.4. The van der Waals surface area contributed by atoms with Crippen molar-refractivity contribution < 1.29 is 14.3 Å². The van der Waals surface area contributed by atoms with Crippen LogP contribution in [0.3, 0.4) is 0 Å². The standard InChI is InChI=1S/C26H21N3O3/c1-19-7-10-21(11-8-19)24-17-27-28-29(24)23-14-12-22(13-15-23)25(30)18-32-26(31)16-9-20-5-3-2-4-6-20/h2-17H,18H2,1H3/b16-9+. The van der Waals surface area contributed by atoms with Gasteiger partial charge in [-0.1, -0.05) is 65.4 Å².